The van der Waals surface area contributed by atoms with Crippen molar-refractivity contribution in [3.63, 3.8) is 0 Å². The highest BCUT2D eigenvalue weighted by atomic mass is 79.9. The number of rotatable bonds is 2. The van der Waals surface area contributed by atoms with Crippen LogP contribution in [0.5, 0.6) is 0 Å². The maximum Gasteiger partial charge on any atom is 0.181 e. The highest BCUT2D eigenvalue weighted by Crippen LogP contribution is 2.28. The number of hydrogen-bond donors (Lipinski definition) is 0. The Bertz CT molecular complexity index is 255. The van der Waals surface area contributed by atoms with Crippen LogP contribution >= 0.6 is 15.9 Å². The van der Waals surface area contributed by atoms with Crippen LogP contribution < -0.4 is 0 Å². The van der Waals surface area contributed by atoms with Crippen LogP contribution in [-0.2, 0) is 10.1 Å². The van der Waals surface area contributed by atoms with Crippen molar-refractivity contribution < 1.29 is 9.15 Å². The molecule has 0 saturated carbocycles. The third-order valence-electron chi connectivity index (χ3n) is 2.10. The van der Waals surface area contributed by atoms with E-state index in [1.165, 1.54) is 6.39 Å². The predicted molar refractivity (Wildman–Crippen MR) is 47.3 cm³/mol. The Kier molecular flexibility index (Phi) is 2.46. The van der Waals surface area contributed by atoms with Crippen LogP contribution in [0.4, 0.5) is 0 Å². The number of alkyl halides is 1. The molecule has 2 heterocycles. The largest absolute Gasteiger partial charge is 0.448 e. The first-order chi connectivity index (χ1) is 5.92. The lowest BCUT2D eigenvalue weighted by atomic mass is 10.1. The zero-order chi connectivity index (χ0) is 8.39. The highest BCUT2D eigenvalue weighted by Gasteiger charge is 2.23. The van der Waals surface area contributed by atoms with Gasteiger partial charge in [0.25, 0.3) is 0 Å². The van der Waals surface area contributed by atoms with Gasteiger partial charge in [-0.2, -0.15) is 0 Å². The van der Waals surface area contributed by atoms with Crippen molar-refractivity contribution in [3.05, 3.63) is 17.8 Å². The molecule has 0 aliphatic carbocycles. The van der Waals surface area contributed by atoms with Crippen molar-refractivity contribution >= 4 is 15.9 Å². The summed E-state index contributed by atoms with van der Waals surface area (Å²) in [6.07, 6.45) is 2.56. The second-order valence-electron chi connectivity index (χ2n) is 2.86. The summed E-state index contributed by atoms with van der Waals surface area (Å²) in [5.74, 6) is 1.41. The molecule has 12 heavy (non-hydrogen) atoms. The van der Waals surface area contributed by atoms with Crippen LogP contribution in [0.25, 0.3) is 0 Å². The molecule has 0 radical (unpaired) electrons. The van der Waals surface area contributed by atoms with E-state index >= 15 is 0 Å². The van der Waals surface area contributed by atoms with Gasteiger partial charge in [0.15, 0.2) is 6.39 Å². The summed E-state index contributed by atoms with van der Waals surface area (Å²) >= 11 is 3.37. The minimum atomic E-state index is 0.417. The summed E-state index contributed by atoms with van der Waals surface area (Å²) in [4.78, 5) is 4.11. The molecule has 0 N–H and O–H groups in total. The van der Waals surface area contributed by atoms with Crippen LogP contribution in [0, 0.1) is 0 Å². The van der Waals surface area contributed by atoms with E-state index < -0.39 is 0 Å². The Labute approximate surface area is 79.2 Å². The standard InChI is InChI=1S/C8H10BrNO2/c9-3-7-8(12-5-10-7)6-1-2-11-4-6/h5-6H,1-4H2. The molecular weight excluding hydrogens is 222 g/mol. The molecule has 1 aromatic heterocycles. The molecule has 1 aromatic rings. The molecule has 4 heteroatoms. The van der Waals surface area contributed by atoms with Gasteiger partial charge in [0, 0.05) is 17.9 Å². The van der Waals surface area contributed by atoms with Crippen LogP contribution in [0.2, 0.25) is 0 Å². The zero-order valence-corrected chi connectivity index (χ0v) is 8.21. The maximum atomic E-state index is 5.32. The topological polar surface area (TPSA) is 35.3 Å². The fraction of sp³-hybridized carbons (Fsp3) is 0.625. The van der Waals surface area contributed by atoms with E-state index in [1.54, 1.807) is 0 Å². The third kappa shape index (κ3) is 1.41. The molecule has 1 atom stereocenters. The first kappa shape index (κ1) is 8.26. The van der Waals surface area contributed by atoms with Gasteiger partial charge in [0.2, 0.25) is 0 Å². The van der Waals surface area contributed by atoms with Crippen molar-refractivity contribution in [2.75, 3.05) is 13.2 Å². The fourth-order valence-corrected chi connectivity index (χ4v) is 1.87. The molecule has 2 rings (SSSR count). The predicted octanol–water partition coefficient (Wildman–Crippen LogP) is 2.07. The Morgan fingerprint density at radius 1 is 1.67 bits per heavy atom. The van der Waals surface area contributed by atoms with Gasteiger partial charge in [-0.3, -0.25) is 0 Å². The van der Waals surface area contributed by atoms with Gasteiger partial charge in [-0.25, -0.2) is 4.98 Å². The molecule has 1 unspecified atom stereocenters. The summed E-state index contributed by atoms with van der Waals surface area (Å²) in [6.45, 7) is 1.61. The van der Waals surface area contributed by atoms with Crippen molar-refractivity contribution in [3.8, 4) is 0 Å². The van der Waals surface area contributed by atoms with Crippen molar-refractivity contribution in [1.29, 1.82) is 0 Å². The maximum absolute atomic E-state index is 5.32. The molecular formula is C8H10BrNO2. The van der Waals surface area contributed by atoms with Gasteiger partial charge in [-0.1, -0.05) is 15.9 Å². The normalized spacial score (nSPS) is 23.2. The van der Waals surface area contributed by atoms with Gasteiger partial charge in [-0.05, 0) is 6.42 Å². The van der Waals surface area contributed by atoms with Gasteiger partial charge in [0.05, 0.1) is 12.3 Å². The van der Waals surface area contributed by atoms with Crippen molar-refractivity contribution in [1.82, 2.24) is 4.98 Å². The van der Waals surface area contributed by atoms with E-state index in [1.807, 2.05) is 0 Å². The average molecular weight is 232 g/mol. The molecule has 1 aliphatic heterocycles. The van der Waals surface area contributed by atoms with Crippen molar-refractivity contribution in [2.45, 2.75) is 17.7 Å². The summed E-state index contributed by atoms with van der Waals surface area (Å²) in [6, 6.07) is 0. The molecule has 0 amide bonds. The van der Waals surface area contributed by atoms with Gasteiger partial charge < -0.3 is 9.15 Å². The lowest BCUT2D eigenvalue weighted by molar-refractivity contribution is 0.191. The molecule has 1 aliphatic rings. The smallest absolute Gasteiger partial charge is 0.181 e. The lowest BCUT2D eigenvalue weighted by Gasteiger charge is -2.03. The number of nitrogens with zero attached hydrogens (tertiary/aromatic N) is 1. The average Bonchev–Trinajstić information content (AvgIpc) is 2.74. The Hall–Kier alpha value is -0.350. The SMILES string of the molecule is BrCc1ncoc1C1CCOC1. The summed E-state index contributed by atoms with van der Waals surface area (Å²) < 4.78 is 10.6. The van der Waals surface area contributed by atoms with E-state index in [4.69, 9.17) is 9.15 Å². The Balaban J connectivity index is 2.19. The highest BCUT2D eigenvalue weighted by molar-refractivity contribution is 9.08. The van der Waals surface area contributed by atoms with Crippen LogP contribution in [0.3, 0.4) is 0 Å². The van der Waals surface area contributed by atoms with E-state index in [2.05, 4.69) is 20.9 Å². The third-order valence-corrected chi connectivity index (χ3v) is 2.63. The van der Waals surface area contributed by atoms with Gasteiger partial charge in [0.1, 0.15) is 5.76 Å². The molecule has 66 valence electrons. The number of halogens is 1. The minimum absolute atomic E-state index is 0.417. The summed E-state index contributed by atoms with van der Waals surface area (Å²) in [5, 5.41) is 0.759. The quantitative estimate of drug-likeness (QED) is 0.732. The molecule has 3 nitrogen and oxygen atoms in total. The molecule has 0 aromatic carbocycles. The van der Waals surface area contributed by atoms with Crippen molar-refractivity contribution in [2.24, 2.45) is 0 Å². The molecule has 1 fully saturated rings. The van der Waals surface area contributed by atoms with Crippen LogP contribution in [0.15, 0.2) is 10.8 Å². The van der Waals surface area contributed by atoms with Gasteiger partial charge in [-0.15, -0.1) is 0 Å². The number of oxazole rings is 1. The van der Waals surface area contributed by atoms with E-state index in [0.717, 1.165) is 36.4 Å². The molecule has 0 spiro atoms. The summed E-state index contributed by atoms with van der Waals surface area (Å²) in [7, 11) is 0. The Morgan fingerprint density at radius 2 is 2.58 bits per heavy atom. The fourth-order valence-electron chi connectivity index (χ4n) is 1.45. The second kappa shape index (κ2) is 3.58. The number of hydrogen-bond acceptors (Lipinski definition) is 3. The zero-order valence-electron chi connectivity index (χ0n) is 6.62. The first-order valence-corrected chi connectivity index (χ1v) is 5.10. The molecule has 0 bridgehead atoms. The first-order valence-electron chi connectivity index (χ1n) is 3.97. The van der Waals surface area contributed by atoms with Crippen LogP contribution in [0.1, 0.15) is 23.8 Å². The van der Waals surface area contributed by atoms with Crippen LogP contribution in [-0.4, -0.2) is 18.2 Å². The minimum Gasteiger partial charge on any atom is -0.448 e. The number of aromatic nitrogens is 1. The van der Waals surface area contributed by atoms with E-state index in [0.29, 0.717) is 5.92 Å². The van der Waals surface area contributed by atoms with Gasteiger partial charge >= 0.3 is 0 Å². The van der Waals surface area contributed by atoms with E-state index in [-0.39, 0.29) is 0 Å². The van der Waals surface area contributed by atoms with E-state index in [9.17, 15) is 0 Å². The number of ether oxygens (including phenoxy) is 1. The second-order valence-corrected chi connectivity index (χ2v) is 3.42. The lowest BCUT2D eigenvalue weighted by Crippen LogP contribution is -1.98. The Morgan fingerprint density at radius 3 is 3.25 bits per heavy atom. The molecule has 1 saturated heterocycles. The monoisotopic (exact) mass is 231 g/mol. The summed E-state index contributed by atoms with van der Waals surface area (Å²) in [5.41, 5.74) is 1.01.